The minimum atomic E-state index is -3.75. The lowest BCUT2D eigenvalue weighted by atomic mass is 10.1. The van der Waals surface area contributed by atoms with Gasteiger partial charge < -0.3 is 10.2 Å². The van der Waals surface area contributed by atoms with Crippen LogP contribution in [0.15, 0.2) is 48.5 Å². The number of sulfonamides is 1. The molecule has 0 aliphatic heterocycles. The summed E-state index contributed by atoms with van der Waals surface area (Å²) in [5.74, 6) is -0.887. The van der Waals surface area contributed by atoms with Gasteiger partial charge in [0.05, 0.1) is 11.9 Å². The molecule has 2 rings (SSSR count). The standard InChI is InChI=1S/C21H25Cl2N3O4S/c1-4-19(21(28)24-2)25(13-15-10-11-16(22)12-18(15)23)20(27)14-26(31(3,29)30)17-8-6-5-7-9-17/h5-12,19H,4,13-14H2,1-3H3,(H,24,28). The van der Waals surface area contributed by atoms with Crippen LogP contribution in [0.5, 0.6) is 0 Å². The van der Waals surface area contributed by atoms with E-state index in [9.17, 15) is 18.0 Å². The molecule has 1 unspecified atom stereocenters. The Labute approximate surface area is 193 Å². The summed E-state index contributed by atoms with van der Waals surface area (Å²) in [6.07, 6.45) is 1.37. The zero-order chi connectivity index (χ0) is 23.2. The lowest BCUT2D eigenvalue weighted by molar-refractivity contribution is -0.140. The number of likely N-dealkylation sites (N-methyl/N-ethyl adjacent to an activating group) is 1. The van der Waals surface area contributed by atoms with E-state index in [-0.39, 0.29) is 12.5 Å². The Hall–Kier alpha value is -2.29. The van der Waals surface area contributed by atoms with Gasteiger partial charge in [-0.1, -0.05) is 54.4 Å². The van der Waals surface area contributed by atoms with Crippen LogP contribution in [0.4, 0.5) is 5.69 Å². The summed E-state index contributed by atoms with van der Waals surface area (Å²) in [4.78, 5) is 27.2. The second-order valence-corrected chi connectivity index (χ2v) is 9.65. The van der Waals surface area contributed by atoms with E-state index in [4.69, 9.17) is 23.2 Å². The molecular weight excluding hydrogens is 461 g/mol. The maximum atomic E-state index is 13.3. The highest BCUT2D eigenvalue weighted by atomic mass is 35.5. The Morgan fingerprint density at radius 1 is 1.10 bits per heavy atom. The monoisotopic (exact) mass is 485 g/mol. The predicted octanol–water partition coefficient (Wildman–Crippen LogP) is 3.31. The van der Waals surface area contributed by atoms with Crippen molar-refractivity contribution in [2.45, 2.75) is 25.9 Å². The smallest absolute Gasteiger partial charge is 0.244 e. The van der Waals surface area contributed by atoms with Gasteiger partial charge >= 0.3 is 0 Å². The van der Waals surface area contributed by atoms with Gasteiger partial charge in [-0.25, -0.2) is 8.42 Å². The first-order chi connectivity index (χ1) is 14.6. The quantitative estimate of drug-likeness (QED) is 0.589. The van der Waals surface area contributed by atoms with Gasteiger partial charge in [-0.15, -0.1) is 0 Å². The van der Waals surface area contributed by atoms with E-state index in [1.54, 1.807) is 55.5 Å². The van der Waals surface area contributed by atoms with Gasteiger partial charge in [-0.3, -0.25) is 13.9 Å². The van der Waals surface area contributed by atoms with Crippen molar-refractivity contribution >= 4 is 50.7 Å². The molecule has 0 fully saturated rings. The molecule has 31 heavy (non-hydrogen) atoms. The summed E-state index contributed by atoms with van der Waals surface area (Å²) in [7, 11) is -2.27. The van der Waals surface area contributed by atoms with E-state index >= 15 is 0 Å². The molecule has 0 aliphatic rings. The van der Waals surface area contributed by atoms with Gasteiger partial charge in [0.1, 0.15) is 12.6 Å². The van der Waals surface area contributed by atoms with Crippen LogP contribution in [0, 0.1) is 0 Å². The Balaban J connectivity index is 2.43. The van der Waals surface area contributed by atoms with Crippen molar-refractivity contribution < 1.29 is 18.0 Å². The fraction of sp³-hybridized carbons (Fsp3) is 0.333. The van der Waals surface area contributed by atoms with Crippen LogP contribution < -0.4 is 9.62 Å². The number of rotatable bonds is 9. The number of benzene rings is 2. The first-order valence-corrected chi connectivity index (χ1v) is 12.2. The number of anilines is 1. The maximum Gasteiger partial charge on any atom is 0.244 e. The first-order valence-electron chi connectivity index (χ1n) is 9.56. The fourth-order valence-electron chi connectivity index (χ4n) is 3.13. The zero-order valence-electron chi connectivity index (χ0n) is 17.5. The van der Waals surface area contributed by atoms with Crippen LogP contribution in [-0.2, 0) is 26.2 Å². The third-order valence-electron chi connectivity index (χ3n) is 4.71. The van der Waals surface area contributed by atoms with Gasteiger partial charge in [0.25, 0.3) is 0 Å². The Bertz CT molecular complexity index is 1030. The average Bonchev–Trinajstić information content (AvgIpc) is 2.72. The van der Waals surface area contributed by atoms with Crippen molar-refractivity contribution in [2.75, 3.05) is 24.2 Å². The van der Waals surface area contributed by atoms with Crippen LogP contribution >= 0.6 is 23.2 Å². The molecule has 0 radical (unpaired) electrons. The third kappa shape index (κ3) is 6.59. The van der Waals surface area contributed by atoms with E-state index < -0.39 is 28.5 Å². The van der Waals surface area contributed by atoms with E-state index in [0.29, 0.717) is 27.7 Å². The molecule has 1 atom stereocenters. The topological polar surface area (TPSA) is 86.8 Å². The number of nitrogens with one attached hydrogen (secondary N) is 1. The van der Waals surface area contributed by atoms with Gasteiger partial charge in [0.15, 0.2) is 0 Å². The summed E-state index contributed by atoms with van der Waals surface area (Å²) in [5.41, 5.74) is 0.947. The van der Waals surface area contributed by atoms with Crippen molar-refractivity contribution in [1.82, 2.24) is 10.2 Å². The van der Waals surface area contributed by atoms with Crippen molar-refractivity contribution in [2.24, 2.45) is 0 Å². The number of carbonyl (C=O) groups excluding carboxylic acids is 2. The van der Waals surface area contributed by atoms with E-state index in [2.05, 4.69) is 5.32 Å². The number of carbonyl (C=O) groups is 2. The number of amides is 2. The minimum absolute atomic E-state index is 0.0210. The lowest BCUT2D eigenvalue weighted by Crippen LogP contribution is -2.51. The van der Waals surface area contributed by atoms with Gasteiger partial charge in [-0.05, 0) is 36.2 Å². The molecule has 7 nitrogen and oxygen atoms in total. The van der Waals surface area contributed by atoms with Crippen LogP contribution in [0.25, 0.3) is 0 Å². The van der Waals surface area contributed by atoms with Gasteiger partial charge in [0, 0.05) is 23.6 Å². The number of hydrogen-bond acceptors (Lipinski definition) is 4. The number of hydrogen-bond donors (Lipinski definition) is 1. The largest absolute Gasteiger partial charge is 0.357 e. The molecule has 0 saturated carbocycles. The van der Waals surface area contributed by atoms with Crippen molar-refractivity contribution in [3.63, 3.8) is 0 Å². The summed E-state index contributed by atoms with van der Waals surface area (Å²) in [6, 6.07) is 12.4. The number of halogens is 2. The molecule has 0 aromatic heterocycles. The van der Waals surface area contributed by atoms with Crippen LogP contribution in [-0.4, -0.2) is 51.0 Å². The SMILES string of the molecule is CCC(C(=O)NC)N(Cc1ccc(Cl)cc1Cl)C(=O)CN(c1ccccc1)S(C)(=O)=O. The van der Waals surface area contributed by atoms with E-state index in [0.717, 1.165) is 10.6 Å². The molecule has 10 heteroatoms. The predicted molar refractivity (Wildman–Crippen MR) is 124 cm³/mol. The van der Waals surface area contributed by atoms with Crippen molar-refractivity contribution in [3.8, 4) is 0 Å². The van der Waals surface area contributed by atoms with E-state index in [1.807, 2.05) is 0 Å². The Morgan fingerprint density at radius 2 is 1.74 bits per heavy atom. The lowest BCUT2D eigenvalue weighted by Gasteiger charge is -2.32. The first kappa shape index (κ1) is 25.0. The highest BCUT2D eigenvalue weighted by Crippen LogP contribution is 2.24. The minimum Gasteiger partial charge on any atom is -0.357 e. The molecule has 2 aromatic carbocycles. The van der Waals surface area contributed by atoms with Crippen LogP contribution in [0.2, 0.25) is 10.0 Å². The molecule has 0 spiro atoms. The third-order valence-corrected chi connectivity index (χ3v) is 6.44. The second kappa shape index (κ2) is 10.8. The second-order valence-electron chi connectivity index (χ2n) is 6.90. The molecule has 2 aromatic rings. The molecular formula is C21H25Cl2N3O4S. The summed E-state index contributed by atoms with van der Waals surface area (Å²) < 4.78 is 25.8. The van der Waals surface area contributed by atoms with Crippen LogP contribution in [0.3, 0.4) is 0 Å². The highest BCUT2D eigenvalue weighted by Gasteiger charge is 2.31. The molecule has 0 bridgehead atoms. The molecule has 0 aliphatic carbocycles. The maximum absolute atomic E-state index is 13.3. The zero-order valence-corrected chi connectivity index (χ0v) is 19.8. The van der Waals surface area contributed by atoms with Crippen molar-refractivity contribution in [1.29, 1.82) is 0 Å². The number of nitrogens with zero attached hydrogens (tertiary/aromatic N) is 2. The Kier molecular flexibility index (Phi) is 8.73. The van der Waals surface area contributed by atoms with Gasteiger partial charge in [-0.2, -0.15) is 0 Å². The summed E-state index contributed by atoms with van der Waals surface area (Å²) >= 11 is 12.2. The summed E-state index contributed by atoms with van der Waals surface area (Å²) in [5, 5.41) is 3.35. The normalized spacial score (nSPS) is 12.2. The van der Waals surface area contributed by atoms with Crippen LogP contribution in [0.1, 0.15) is 18.9 Å². The molecule has 2 amide bonds. The van der Waals surface area contributed by atoms with E-state index in [1.165, 1.54) is 11.9 Å². The fourth-order valence-corrected chi connectivity index (χ4v) is 4.45. The molecule has 168 valence electrons. The highest BCUT2D eigenvalue weighted by molar-refractivity contribution is 7.92. The molecule has 0 heterocycles. The Morgan fingerprint density at radius 3 is 2.26 bits per heavy atom. The molecule has 1 N–H and O–H groups in total. The summed E-state index contributed by atoms with van der Waals surface area (Å²) in [6.45, 7) is 1.34. The van der Waals surface area contributed by atoms with Crippen molar-refractivity contribution in [3.05, 3.63) is 64.1 Å². The number of para-hydroxylation sites is 1. The average molecular weight is 486 g/mol. The molecule has 0 saturated heterocycles. The van der Waals surface area contributed by atoms with Gasteiger partial charge in [0.2, 0.25) is 21.8 Å².